The normalized spacial score (nSPS) is 12.8. The first-order valence-electron chi connectivity index (χ1n) is 4.05. The van der Waals surface area contributed by atoms with Gasteiger partial charge in [0.1, 0.15) is 0 Å². The third-order valence-corrected chi connectivity index (χ3v) is 1.58. The maximum Gasteiger partial charge on any atom is 0.256 e. The third kappa shape index (κ3) is 3.19. The standard InChI is InChI=1S/C9H13NO3/c1-4-6-8(7(3)11)9(5-2)10(12)13/h4,6H,5H2,1-3H3/b6-4-,9-8-. The fourth-order valence-electron chi connectivity index (χ4n) is 1.00. The van der Waals surface area contributed by atoms with E-state index in [-0.39, 0.29) is 23.5 Å². The molecule has 0 aliphatic heterocycles. The second-order valence-electron chi connectivity index (χ2n) is 2.53. The summed E-state index contributed by atoms with van der Waals surface area (Å²) in [4.78, 5) is 21.0. The largest absolute Gasteiger partial charge is 0.294 e. The Hall–Kier alpha value is -1.45. The molecule has 4 heteroatoms. The zero-order valence-electron chi connectivity index (χ0n) is 8.03. The van der Waals surface area contributed by atoms with E-state index >= 15 is 0 Å². The minimum absolute atomic E-state index is 0.0226. The van der Waals surface area contributed by atoms with Crippen LogP contribution >= 0.6 is 0 Å². The quantitative estimate of drug-likeness (QED) is 0.290. The van der Waals surface area contributed by atoms with E-state index in [1.54, 1.807) is 19.9 Å². The maximum absolute atomic E-state index is 11.0. The summed E-state index contributed by atoms with van der Waals surface area (Å²) in [5.41, 5.74) is 0.167. The van der Waals surface area contributed by atoms with Crippen molar-refractivity contribution in [3.05, 3.63) is 33.5 Å². The molecular weight excluding hydrogens is 170 g/mol. The van der Waals surface area contributed by atoms with E-state index in [0.717, 1.165) is 0 Å². The van der Waals surface area contributed by atoms with Crippen molar-refractivity contribution in [1.82, 2.24) is 0 Å². The number of carbonyl (C=O) groups is 1. The summed E-state index contributed by atoms with van der Waals surface area (Å²) in [6, 6.07) is 0. The van der Waals surface area contributed by atoms with Crippen molar-refractivity contribution in [2.75, 3.05) is 0 Å². The molecule has 0 spiro atoms. The van der Waals surface area contributed by atoms with Gasteiger partial charge in [-0.25, -0.2) is 0 Å². The third-order valence-electron chi connectivity index (χ3n) is 1.58. The molecule has 0 N–H and O–H groups in total. The number of hydrogen-bond acceptors (Lipinski definition) is 3. The fourth-order valence-corrected chi connectivity index (χ4v) is 1.00. The number of rotatable bonds is 4. The van der Waals surface area contributed by atoms with E-state index in [0.29, 0.717) is 0 Å². The second-order valence-corrected chi connectivity index (χ2v) is 2.53. The van der Waals surface area contributed by atoms with Crippen LogP contribution in [0.5, 0.6) is 0 Å². The molecule has 0 bridgehead atoms. The molecule has 0 heterocycles. The predicted octanol–water partition coefficient (Wildman–Crippen LogP) is 2.09. The zero-order chi connectivity index (χ0) is 10.4. The van der Waals surface area contributed by atoms with Crippen molar-refractivity contribution in [2.45, 2.75) is 27.2 Å². The molecule has 13 heavy (non-hydrogen) atoms. The lowest BCUT2D eigenvalue weighted by Crippen LogP contribution is -2.06. The highest BCUT2D eigenvalue weighted by Gasteiger charge is 2.16. The molecule has 0 saturated carbocycles. The molecule has 72 valence electrons. The molecule has 0 aromatic carbocycles. The van der Waals surface area contributed by atoms with E-state index in [4.69, 9.17) is 0 Å². The molecular formula is C9H13NO3. The van der Waals surface area contributed by atoms with Crippen LogP contribution in [0.1, 0.15) is 27.2 Å². The van der Waals surface area contributed by atoms with Gasteiger partial charge in [-0.05, 0) is 19.9 Å². The molecule has 0 amide bonds. The lowest BCUT2D eigenvalue weighted by atomic mass is 10.1. The number of Topliss-reactive ketones (excluding diaryl/α,β-unsaturated/α-hetero) is 1. The van der Waals surface area contributed by atoms with E-state index in [1.807, 2.05) is 0 Å². The Bertz CT molecular complexity index is 277. The van der Waals surface area contributed by atoms with Crippen LogP contribution in [-0.2, 0) is 4.79 Å². The topological polar surface area (TPSA) is 60.2 Å². The molecule has 0 fully saturated rings. The molecule has 0 saturated heterocycles. The average molecular weight is 183 g/mol. The molecule has 0 aliphatic rings. The number of carbonyl (C=O) groups excluding carboxylic acids is 1. The van der Waals surface area contributed by atoms with Gasteiger partial charge in [0.05, 0.1) is 10.5 Å². The number of allylic oxidation sites excluding steroid dienone is 4. The van der Waals surface area contributed by atoms with Crippen molar-refractivity contribution in [3.8, 4) is 0 Å². The van der Waals surface area contributed by atoms with Crippen LogP contribution in [0, 0.1) is 10.1 Å². The summed E-state index contributed by atoms with van der Waals surface area (Å²) in [6.45, 7) is 4.70. The van der Waals surface area contributed by atoms with Crippen molar-refractivity contribution in [2.24, 2.45) is 0 Å². The SMILES string of the molecule is C/C=C\C(C(C)=O)=C(/CC)[N+](=O)[O-]. The van der Waals surface area contributed by atoms with Gasteiger partial charge < -0.3 is 0 Å². The first-order valence-corrected chi connectivity index (χ1v) is 4.05. The number of hydrogen-bond donors (Lipinski definition) is 0. The summed E-state index contributed by atoms with van der Waals surface area (Å²) in [5, 5.41) is 10.5. The summed E-state index contributed by atoms with van der Waals surface area (Å²) in [5.74, 6) is -0.272. The van der Waals surface area contributed by atoms with Crippen molar-refractivity contribution in [1.29, 1.82) is 0 Å². The van der Waals surface area contributed by atoms with Crippen molar-refractivity contribution < 1.29 is 9.72 Å². The maximum atomic E-state index is 11.0. The average Bonchev–Trinajstić information content (AvgIpc) is 2.03. The van der Waals surface area contributed by atoms with Crippen LogP contribution in [0.2, 0.25) is 0 Å². The lowest BCUT2D eigenvalue weighted by molar-refractivity contribution is -0.428. The van der Waals surface area contributed by atoms with Gasteiger partial charge in [0, 0.05) is 6.42 Å². The van der Waals surface area contributed by atoms with Gasteiger partial charge in [0.25, 0.3) is 5.70 Å². The van der Waals surface area contributed by atoms with Crippen LogP contribution in [-0.4, -0.2) is 10.7 Å². The van der Waals surface area contributed by atoms with E-state index < -0.39 is 4.92 Å². The Kier molecular flexibility index (Phi) is 4.66. The van der Waals surface area contributed by atoms with E-state index in [1.165, 1.54) is 13.0 Å². The molecule has 0 rings (SSSR count). The molecule has 0 aromatic heterocycles. The molecule has 4 nitrogen and oxygen atoms in total. The highest BCUT2D eigenvalue weighted by molar-refractivity contribution is 5.96. The number of nitrogens with zero attached hydrogens (tertiary/aromatic N) is 1. The molecule has 0 aliphatic carbocycles. The van der Waals surface area contributed by atoms with Crippen LogP contribution in [0.15, 0.2) is 23.4 Å². The summed E-state index contributed by atoms with van der Waals surface area (Å²) < 4.78 is 0. The Labute approximate surface area is 77.1 Å². The molecule has 0 aromatic rings. The summed E-state index contributed by atoms with van der Waals surface area (Å²) in [6.07, 6.45) is 3.35. The minimum Gasteiger partial charge on any atom is -0.294 e. The zero-order valence-corrected chi connectivity index (χ0v) is 8.03. The van der Waals surface area contributed by atoms with E-state index in [2.05, 4.69) is 0 Å². The Morgan fingerprint density at radius 3 is 2.31 bits per heavy atom. The molecule has 0 atom stereocenters. The van der Waals surface area contributed by atoms with Gasteiger partial charge in [-0.15, -0.1) is 0 Å². The van der Waals surface area contributed by atoms with Gasteiger partial charge in [-0.3, -0.25) is 14.9 Å². The highest BCUT2D eigenvalue weighted by Crippen LogP contribution is 2.12. The number of ketones is 1. The lowest BCUT2D eigenvalue weighted by Gasteiger charge is -1.98. The van der Waals surface area contributed by atoms with Gasteiger partial charge in [-0.2, -0.15) is 0 Å². The Balaban J connectivity index is 5.25. The minimum atomic E-state index is -0.503. The van der Waals surface area contributed by atoms with Crippen LogP contribution in [0.25, 0.3) is 0 Å². The highest BCUT2D eigenvalue weighted by atomic mass is 16.6. The first kappa shape index (κ1) is 11.6. The molecule has 0 unspecified atom stereocenters. The Morgan fingerprint density at radius 2 is 2.08 bits per heavy atom. The number of nitro groups is 1. The molecule has 0 radical (unpaired) electrons. The second kappa shape index (κ2) is 5.24. The van der Waals surface area contributed by atoms with Crippen LogP contribution < -0.4 is 0 Å². The van der Waals surface area contributed by atoms with Gasteiger partial charge in [0.2, 0.25) is 0 Å². The van der Waals surface area contributed by atoms with Crippen LogP contribution in [0.3, 0.4) is 0 Å². The first-order chi connectivity index (χ1) is 6.04. The van der Waals surface area contributed by atoms with Gasteiger partial charge >= 0.3 is 0 Å². The van der Waals surface area contributed by atoms with E-state index in [9.17, 15) is 14.9 Å². The van der Waals surface area contributed by atoms with Crippen molar-refractivity contribution >= 4 is 5.78 Å². The smallest absolute Gasteiger partial charge is 0.256 e. The van der Waals surface area contributed by atoms with Gasteiger partial charge in [-0.1, -0.05) is 13.0 Å². The van der Waals surface area contributed by atoms with Gasteiger partial charge in [0.15, 0.2) is 5.78 Å². The monoisotopic (exact) mass is 183 g/mol. The fraction of sp³-hybridized carbons (Fsp3) is 0.444. The summed E-state index contributed by atoms with van der Waals surface area (Å²) >= 11 is 0. The Morgan fingerprint density at radius 1 is 1.54 bits per heavy atom. The van der Waals surface area contributed by atoms with Crippen LogP contribution in [0.4, 0.5) is 0 Å². The predicted molar refractivity (Wildman–Crippen MR) is 49.8 cm³/mol. The van der Waals surface area contributed by atoms with Crippen molar-refractivity contribution in [3.63, 3.8) is 0 Å². The summed E-state index contributed by atoms with van der Waals surface area (Å²) in [7, 11) is 0.